The average Bonchev–Trinajstić information content (AvgIpc) is 3.09. The first-order valence-electron chi connectivity index (χ1n) is 8.97. The summed E-state index contributed by atoms with van der Waals surface area (Å²) in [5.74, 6) is 3.29. The molecule has 3 fully saturated rings. The van der Waals surface area contributed by atoms with Gasteiger partial charge >= 0.3 is 5.97 Å². The minimum atomic E-state index is -0.537. The molecule has 3 nitrogen and oxygen atoms in total. The van der Waals surface area contributed by atoms with Crippen molar-refractivity contribution in [3.05, 3.63) is 23.7 Å². The highest BCUT2D eigenvalue weighted by molar-refractivity contribution is 5.71. The van der Waals surface area contributed by atoms with Crippen LogP contribution in [-0.4, -0.2) is 11.1 Å². The summed E-state index contributed by atoms with van der Waals surface area (Å²) < 4.78 is 5.67. The van der Waals surface area contributed by atoms with Gasteiger partial charge in [0.25, 0.3) is 0 Å². The highest BCUT2D eigenvalue weighted by atomic mass is 16.4. The lowest BCUT2D eigenvalue weighted by Gasteiger charge is -2.53. The van der Waals surface area contributed by atoms with Crippen molar-refractivity contribution in [3.8, 4) is 0 Å². The second-order valence-electron chi connectivity index (χ2n) is 8.31. The molecule has 0 aromatic carbocycles. The van der Waals surface area contributed by atoms with Crippen molar-refractivity contribution in [2.75, 3.05) is 0 Å². The maximum absolute atomic E-state index is 11.6. The molecule has 4 aliphatic carbocycles. The summed E-state index contributed by atoms with van der Waals surface area (Å²) >= 11 is 0. The molecule has 3 heteroatoms. The number of fused-ring (bicyclic) bond motifs is 5. The number of carbonyl (C=O) groups is 1. The number of carboxylic acids is 1. The third kappa shape index (κ3) is 1.60. The number of aryl methyl sites for hydroxylation is 1. The first kappa shape index (κ1) is 13.2. The summed E-state index contributed by atoms with van der Waals surface area (Å²) in [5, 5.41) is 9.57. The fourth-order valence-corrected chi connectivity index (χ4v) is 6.91. The molecule has 1 aromatic rings. The molecule has 2 bridgehead atoms. The fraction of sp³-hybridized carbons (Fsp3) is 0.737. The van der Waals surface area contributed by atoms with Gasteiger partial charge in [0.05, 0.1) is 12.2 Å². The van der Waals surface area contributed by atoms with E-state index in [0.29, 0.717) is 17.3 Å². The van der Waals surface area contributed by atoms with Crippen molar-refractivity contribution in [1.82, 2.24) is 0 Å². The Morgan fingerprint density at radius 1 is 1.23 bits per heavy atom. The van der Waals surface area contributed by atoms with Gasteiger partial charge in [-0.15, -0.1) is 0 Å². The smallest absolute Gasteiger partial charge is 0.306 e. The summed E-state index contributed by atoms with van der Waals surface area (Å²) in [7, 11) is 0. The first-order valence-corrected chi connectivity index (χ1v) is 8.97. The second kappa shape index (κ2) is 4.39. The Hall–Kier alpha value is -1.25. The van der Waals surface area contributed by atoms with E-state index in [4.69, 9.17) is 4.42 Å². The number of furan rings is 1. The van der Waals surface area contributed by atoms with Crippen LogP contribution in [-0.2, 0) is 11.2 Å². The molecule has 6 atom stereocenters. The Kier molecular flexibility index (Phi) is 2.64. The molecular formula is C19H24O3. The molecule has 0 saturated heterocycles. The Balaban J connectivity index is 1.49. The summed E-state index contributed by atoms with van der Waals surface area (Å²) in [6.45, 7) is 0. The first-order chi connectivity index (χ1) is 10.7. The van der Waals surface area contributed by atoms with Gasteiger partial charge in [0.15, 0.2) is 0 Å². The minimum absolute atomic E-state index is 0.0605. The van der Waals surface area contributed by atoms with E-state index in [1.807, 2.05) is 6.26 Å². The topological polar surface area (TPSA) is 50.4 Å². The molecule has 1 N–H and O–H groups in total. The zero-order valence-electron chi connectivity index (χ0n) is 13.0. The Morgan fingerprint density at radius 2 is 2.14 bits per heavy atom. The van der Waals surface area contributed by atoms with Gasteiger partial charge < -0.3 is 9.52 Å². The molecule has 22 heavy (non-hydrogen) atoms. The molecule has 0 amide bonds. The quantitative estimate of drug-likeness (QED) is 0.844. The summed E-state index contributed by atoms with van der Waals surface area (Å²) in [4.78, 5) is 11.6. The van der Waals surface area contributed by atoms with Crippen LogP contribution in [0.2, 0.25) is 0 Å². The van der Waals surface area contributed by atoms with Crippen molar-refractivity contribution < 1.29 is 14.3 Å². The van der Waals surface area contributed by atoms with Crippen molar-refractivity contribution in [2.24, 2.45) is 29.1 Å². The lowest BCUT2D eigenvalue weighted by molar-refractivity contribution is -0.143. The predicted molar refractivity (Wildman–Crippen MR) is 81.5 cm³/mol. The molecular weight excluding hydrogens is 276 g/mol. The third-order valence-corrected chi connectivity index (χ3v) is 7.69. The van der Waals surface area contributed by atoms with E-state index >= 15 is 0 Å². The van der Waals surface area contributed by atoms with Crippen molar-refractivity contribution in [2.45, 2.75) is 57.3 Å². The molecule has 118 valence electrons. The summed E-state index contributed by atoms with van der Waals surface area (Å²) in [5.41, 5.74) is 1.83. The van der Waals surface area contributed by atoms with Gasteiger partial charge in [-0.2, -0.15) is 0 Å². The van der Waals surface area contributed by atoms with Crippen LogP contribution in [0.5, 0.6) is 0 Å². The van der Waals surface area contributed by atoms with Gasteiger partial charge in [0.2, 0.25) is 0 Å². The lowest BCUT2D eigenvalue weighted by Crippen LogP contribution is -2.44. The van der Waals surface area contributed by atoms with Crippen LogP contribution in [0.1, 0.15) is 62.2 Å². The second-order valence-corrected chi connectivity index (χ2v) is 8.31. The third-order valence-electron chi connectivity index (χ3n) is 7.69. The molecule has 1 aromatic heterocycles. The molecule has 3 saturated carbocycles. The van der Waals surface area contributed by atoms with Crippen molar-refractivity contribution in [1.29, 1.82) is 0 Å². The van der Waals surface area contributed by atoms with Gasteiger partial charge in [0.1, 0.15) is 5.76 Å². The van der Waals surface area contributed by atoms with Crippen LogP contribution in [0, 0.1) is 29.1 Å². The standard InChI is InChI=1S/C19H24O3/c20-18(21)15-10-19-7-5-12-13(16(19)3-1-11(15)9-19)2-4-17-14(12)6-8-22-17/h6,8,11-13,15-16H,1-5,7,9-10H2,(H,20,21)/t11?,12?,13?,15-,16?,19?/m0/s1. The highest BCUT2D eigenvalue weighted by Crippen LogP contribution is 2.67. The number of hydrogen-bond acceptors (Lipinski definition) is 2. The van der Waals surface area contributed by atoms with Crippen molar-refractivity contribution >= 4 is 5.97 Å². The molecule has 1 heterocycles. The lowest BCUT2D eigenvalue weighted by atomic mass is 9.51. The van der Waals surface area contributed by atoms with Crippen LogP contribution in [0.3, 0.4) is 0 Å². The Morgan fingerprint density at radius 3 is 3.00 bits per heavy atom. The number of carboxylic acid groups (broad SMARTS) is 1. The Labute approximate surface area is 131 Å². The maximum atomic E-state index is 11.6. The van der Waals surface area contributed by atoms with Gasteiger partial charge in [-0.3, -0.25) is 4.79 Å². The number of aliphatic carboxylic acids is 1. The molecule has 1 spiro atoms. The maximum Gasteiger partial charge on any atom is 0.306 e. The van der Waals surface area contributed by atoms with Crippen LogP contribution >= 0.6 is 0 Å². The van der Waals surface area contributed by atoms with E-state index < -0.39 is 5.97 Å². The van der Waals surface area contributed by atoms with Crippen LogP contribution in [0.15, 0.2) is 16.7 Å². The predicted octanol–water partition coefficient (Wildman–Crippen LogP) is 4.23. The Bertz CT molecular complexity index is 618. The average molecular weight is 300 g/mol. The van der Waals surface area contributed by atoms with Gasteiger partial charge in [-0.05, 0) is 85.7 Å². The SMILES string of the molecule is O=C(O)[C@H]1CC23CCC4c5ccoc5CCC4C2CCC1C3. The number of rotatable bonds is 1. The largest absolute Gasteiger partial charge is 0.481 e. The van der Waals surface area contributed by atoms with Crippen molar-refractivity contribution in [3.63, 3.8) is 0 Å². The monoisotopic (exact) mass is 300 g/mol. The molecule has 0 radical (unpaired) electrons. The number of hydrogen-bond donors (Lipinski definition) is 1. The molecule has 0 aliphatic heterocycles. The van der Waals surface area contributed by atoms with E-state index in [1.54, 1.807) is 0 Å². The van der Waals surface area contributed by atoms with E-state index in [0.717, 1.165) is 31.1 Å². The van der Waals surface area contributed by atoms with E-state index in [2.05, 4.69) is 6.07 Å². The summed E-state index contributed by atoms with van der Waals surface area (Å²) in [6, 6.07) is 2.20. The zero-order chi connectivity index (χ0) is 14.9. The minimum Gasteiger partial charge on any atom is -0.481 e. The highest BCUT2D eigenvalue weighted by Gasteiger charge is 2.59. The fourth-order valence-electron chi connectivity index (χ4n) is 6.91. The van der Waals surface area contributed by atoms with Gasteiger partial charge in [-0.25, -0.2) is 0 Å². The van der Waals surface area contributed by atoms with Gasteiger partial charge in [-0.1, -0.05) is 0 Å². The van der Waals surface area contributed by atoms with Crippen LogP contribution in [0.25, 0.3) is 0 Å². The van der Waals surface area contributed by atoms with Crippen LogP contribution in [0.4, 0.5) is 0 Å². The van der Waals surface area contributed by atoms with Crippen LogP contribution < -0.4 is 0 Å². The normalized spacial score (nSPS) is 45.7. The molecule has 5 unspecified atom stereocenters. The van der Waals surface area contributed by atoms with Gasteiger partial charge in [0, 0.05) is 6.42 Å². The van der Waals surface area contributed by atoms with E-state index in [9.17, 15) is 9.90 Å². The zero-order valence-corrected chi connectivity index (χ0v) is 13.0. The van der Waals surface area contributed by atoms with E-state index in [1.165, 1.54) is 43.4 Å². The summed E-state index contributed by atoms with van der Waals surface area (Å²) in [6.07, 6.45) is 11.2. The van der Waals surface area contributed by atoms with E-state index in [-0.39, 0.29) is 5.92 Å². The molecule has 5 rings (SSSR count). The molecule has 4 aliphatic rings.